The largest absolute Gasteiger partial charge is 0.475 e. The minimum absolute atomic E-state index is 0.0764. The Balaban J connectivity index is 1.71. The first kappa shape index (κ1) is 16.4. The van der Waals surface area contributed by atoms with Gasteiger partial charge in [0.2, 0.25) is 11.8 Å². The van der Waals surface area contributed by atoms with Crippen molar-refractivity contribution in [3.63, 3.8) is 0 Å². The van der Waals surface area contributed by atoms with E-state index in [1.807, 2.05) is 10.7 Å². The van der Waals surface area contributed by atoms with Gasteiger partial charge in [-0.3, -0.25) is 19.4 Å². The molecule has 0 saturated heterocycles. The Morgan fingerprint density at radius 2 is 2.25 bits per heavy atom. The molecule has 0 unspecified atom stereocenters. The van der Waals surface area contributed by atoms with E-state index in [0.29, 0.717) is 25.6 Å². The van der Waals surface area contributed by atoms with Crippen LogP contribution in [0.1, 0.15) is 12.1 Å². The molecule has 0 aliphatic carbocycles. The number of hydrogen-bond donors (Lipinski definition) is 0. The fourth-order valence-corrected chi connectivity index (χ4v) is 2.72. The number of likely N-dealkylation sites (N-methyl/N-ethyl adjacent to an activating group) is 1. The van der Waals surface area contributed by atoms with Crippen LogP contribution in [0.25, 0.3) is 0 Å². The molecule has 0 fully saturated rings. The van der Waals surface area contributed by atoms with Gasteiger partial charge in [0.1, 0.15) is 6.61 Å². The summed E-state index contributed by atoms with van der Waals surface area (Å²) in [5, 5.41) is 4.35. The number of rotatable bonds is 5. The lowest BCUT2D eigenvalue weighted by Gasteiger charge is -2.29. The summed E-state index contributed by atoms with van der Waals surface area (Å²) in [6.45, 7) is 2.30. The maximum atomic E-state index is 12.2. The molecule has 128 valence electrons. The summed E-state index contributed by atoms with van der Waals surface area (Å²) in [4.78, 5) is 24.1. The molecule has 8 nitrogen and oxygen atoms in total. The second kappa shape index (κ2) is 7.39. The van der Waals surface area contributed by atoms with E-state index in [-0.39, 0.29) is 11.9 Å². The van der Waals surface area contributed by atoms with E-state index in [1.54, 1.807) is 43.8 Å². The number of amides is 1. The van der Waals surface area contributed by atoms with E-state index in [1.165, 1.54) is 0 Å². The smallest absolute Gasteiger partial charge is 0.236 e. The number of ether oxygens (including phenoxy) is 1. The Morgan fingerprint density at radius 3 is 3.00 bits per heavy atom. The average Bonchev–Trinajstić information content (AvgIpc) is 2.96. The van der Waals surface area contributed by atoms with Crippen molar-refractivity contribution in [1.29, 1.82) is 0 Å². The Hall–Kier alpha value is -2.48. The quantitative estimate of drug-likeness (QED) is 0.790. The van der Waals surface area contributed by atoms with Gasteiger partial charge in [0.05, 0.1) is 18.4 Å². The molecule has 2 aromatic heterocycles. The lowest BCUT2D eigenvalue weighted by Crippen LogP contribution is -2.44. The van der Waals surface area contributed by atoms with E-state index in [2.05, 4.69) is 20.0 Å². The highest BCUT2D eigenvalue weighted by Gasteiger charge is 2.27. The van der Waals surface area contributed by atoms with Crippen molar-refractivity contribution < 1.29 is 9.53 Å². The molecule has 2 aromatic rings. The van der Waals surface area contributed by atoms with Crippen molar-refractivity contribution in [2.24, 2.45) is 0 Å². The molecule has 0 N–H and O–H groups in total. The number of aromatic nitrogens is 4. The van der Waals surface area contributed by atoms with E-state index in [0.717, 1.165) is 18.7 Å². The number of carbonyl (C=O) groups excluding carboxylic acids is 1. The van der Waals surface area contributed by atoms with Crippen LogP contribution in [0.4, 0.5) is 0 Å². The summed E-state index contributed by atoms with van der Waals surface area (Å²) in [5.41, 5.74) is 1.11. The molecule has 24 heavy (non-hydrogen) atoms. The van der Waals surface area contributed by atoms with Crippen LogP contribution in [-0.2, 0) is 17.9 Å². The van der Waals surface area contributed by atoms with Gasteiger partial charge in [-0.05, 0) is 12.5 Å². The molecular weight excluding hydrogens is 308 g/mol. The van der Waals surface area contributed by atoms with Gasteiger partial charge >= 0.3 is 0 Å². The third-order valence-electron chi connectivity index (χ3n) is 4.16. The van der Waals surface area contributed by atoms with Gasteiger partial charge < -0.3 is 9.64 Å². The SMILES string of the molecule is CN(C)C(=O)CN1Cc2ccnn2CC[C@@H]1COc1cnccn1. The highest BCUT2D eigenvalue weighted by Crippen LogP contribution is 2.18. The van der Waals surface area contributed by atoms with Crippen molar-refractivity contribution in [2.45, 2.75) is 25.6 Å². The first-order valence-corrected chi connectivity index (χ1v) is 7.97. The Bertz CT molecular complexity index is 672. The van der Waals surface area contributed by atoms with Crippen LogP contribution in [0, 0.1) is 0 Å². The van der Waals surface area contributed by atoms with Crippen molar-refractivity contribution in [3.8, 4) is 5.88 Å². The first-order valence-electron chi connectivity index (χ1n) is 7.97. The zero-order valence-corrected chi connectivity index (χ0v) is 14.0. The Kier molecular flexibility index (Phi) is 5.05. The van der Waals surface area contributed by atoms with Crippen LogP contribution in [0.5, 0.6) is 5.88 Å². The predicted molar refractivity (Wildman–Crippen MR) is 87.3 cm³/mol. The molecule has 0 spiro atoms. The van der Waals surface area contributed by atoms with Gasteiger partial charge in [-0.15, -0.1) is 0 Å². The maximum absolute atomic E-state index is 12.2. The maximum Gasteiger partial charge on any atom is 0.236 e. The second-order valence-electron chi connectivity index (χ2n) is 6.04. The minimum atomic E-state index is 0.0764. The van der Waals surface area contributed by atoms with Crippen LogP contribution in [-0.4, -0.2) is 68.7 Å². The van der Waals surface area contributed by atoms with Gasteiger partial charge in [0.25, 0.3) is 0 Å². The third kappa shape index (κ3) is 3.88. The van der Waals surface area contributed by atoms with E-state index in [4.69, 9.17) is 4.74 Å². The Morgan fingerprint density at radius 1 is 1.38 bits per heavy atom. The minimum Gasteiger partial charge on any atom is -0.475 e. The van der Waals surface area contributed by atoms with E-state index >= 15 is 0 Å². The summed E-state index contributed by atoms with van der Waals surface area (Å²) in [6, 6.07) is 2.11. The summed E-state index contributed by atoms with van der Waals surface area (Å²) in [5.74, 6) is 0.575. The van der Waals surface area contributed by atoms with Crippen molar-refractivity contribution in [2.75, 3.05) is 27.2 Å². The summed E-state index contributed by atoms with van der Waals surface area (Å²) in [6.07, 6.45) is 7.47. The number of carbonyl (C=O) groups is 1. The average molecular weight is 330 g/mol. The first-order chi connectivity index (χ1) is 11.6. The number of nitrogens with zero attached hydrogens (tertiary/aromatic N) is 6. The van der Waals surface area contributed by atoms with Crippen molar-refractivity contribution in [1.82, 2.24) is 29.5 Å². The summed E-state index contributed by atoms with van der Waals surface area (Å²) < 4.78 is 7.77. The molecule has 0 aromatic carbocycles. The molecule has 1 aliphatic rings. The zero-order chi connectivity index (χ0) is 16.9. The van der Waals surface area contributed by atoms with Crippen molar-refractivity contribution in [3.05, 3.63) is 36.5 Å². The van der Waals surface area contributed by atoms with Crippen molar-refractivity contribution >= 4 is 5.91 Å². The predicted octanol–water partition coefficient (Wildman–Crippen LogP) is 0.415. The van der Waals surface area contributed by atoms with Gasteiger partial charge in [-0.25, -0.2) is 4.98 Å². The Labute approximate surface area is 141 Å². The number of hydrogen-bond acceptors (Lipinski definition) is 6. The molecule has 3 rings (SSSR count). The highest BCUT2D eigenvalue weighted by atomic mass is 16.5. The number of aryl methyl sites for hydroxylation is 1. The van der Waals surface area contributed by atoms with Gasteiger partial charge in [0, 0.05) is 51.8 Å². The van der Waals surface area contributed by atoms with Crippen LogP contribution >= 0.6 is 0 Å². The topological polar surface area (TPSA) is 76.4 Å². The molecule has 3 heterocycles. The molecule has 0 bridgehead atoms. The molecule has 8 heteroatoms. The molecule has 1 atom stereocenters. The van der Waals surface area contributed by atoms with Gasteiger partial charge in [-0.1, -0.05) is 0 Å². The van der Waals surface area contributed by atoms with Crippen LogP contribution in [0.15, 0.2) is 30.9 Å². The monoisotopic (exact) mass is 330 g/mol. The molecule has 0 saturated carbocycles. The fraction of sp³-hybridized carbons (Fsp3) is 0.500. The van der Waals surface area contributed by atoms with E-state index < -0.39 is 0 Å². The summed E-state index contributed by atoms with van der Waals surface area (Å²) in [7, 11) is 3.55. The standard InChI is InChI=1S/C16H22N6O2/c1-20(2)16(23)11-21-10-13-3-5-19-22(13)8-4-14(21)12-24-15-9-17-6-7-18-15/h3,5-7,9,14H,4,8,10-12H2,1-2H3/t14-/m1/s1. The zero-order valence-electron chi connectivity index (χ0n) is 14.0. The fourth-order valence-electron chi connectivity index (χ4n) is 2.72. The highest BCUT2D eigenvalue weighted by molar-refractivity contribution is 5.77. The molecule has 1 aliphatic heterocycles. The van der Waals surface area contributed by atoms with Crippen LogP contribution in [0.3, 0.4) is 0 Å². The lowest BCUT2D eigenvalue weighted by atomic mass is 10.2. The van der Waals surface area contributed by atoms with Gasteiger partial charge in [-0.2, -0.15) is 5.10 Å². The third-order valence-corrected chi connectivity index (χ3v) is 4.16. The molecule has 0 radical (unpaired) electrons. The lowest BCUT2D eigenvalue weighted by molar-refractivity contribution is -0.130. The van der Waals surface area contributed by atoms with E-state index in [9.17, 15) is 4.79 Å². The van der Waals surface area contributed by atoms with Crippen LogP contribution < -0.4 is 4.74 Å². The van der Waals surface area contributed by atoms with Gasteiger partial charge in [0.15, 0.2) is 0 Å². The molecule has 1 amide bonds. The second-order valence-corrected chi connectivity index (χ2v) is 6.04. The van der Waals surface area contributed by atoms with Crippen LogP contribution in [0.2, 0.25) is 0 Å². The normalized spacial score (nSPS) is 17.8. The number of fused-ring (bicyclic) bond motifs is 1. The molecular formula is C16H22N6O2. The summed E-state index contributed by atoms with van der Waals surface area (Å²) >= 11 is 0.